The van der Waals surface area contributed by atoms with Crippen LogP contribution in [-0.4, -0.2) is 39.3 Å². The number of fused-ring (bicyclic) bond motifs is 1. The lowest BCUT2D eigenvalue weighted by Crippen LogP contribution is -2.50. The third-order valence-electron chi connectivity index (χ3n) is 3.81. The average molecular weight is 265 g/mol. The van der Waals surface area contributed by atoms with E-state index < -0.39 is 12.3 Å². The van der Waals surface area contributed by atoms with Crippen molar-refractivity contribution in [2.24, 2.45) is 5.92 Å². The van der Waals surface area contributed by atoms with Crippen molar-refractivity contribution in [1.29, 1.82) is 0 Å². The molecular weight excluding hydrogens is 252 g/mol. The van der Waals surface area contributed by atoms with Crippen LogP contribution >= 0.6 is 0 Å². The van der Waals surface area contributed by atoms with E-state index in [0.29, 0.717) is 19.0 Å². The molecule has 0 spiro atoms. The van der Waals surface area contributed by atoms with Gasteiger partial charge in [-0.2, -0.15) is 4.52 Å². The summed E-state index contributed by atoms with van der Waals surface area (Å²) in [5.74, 6) is 1.55. The summed E-state index contributed by atoms with van der Waals surface area (Å²) in [6.07, 6.45) is 0.0187. The maximum Gasteiger partial charge on any atom is 0.244 e. The maximum absolute atomic E-state index is 12.5. The van der Waals surface area contributed by atoms with Crippen molar-refractivity contribution in [3.63, 3.8) is 0 Å². The number of halogens is 2. The lowest BCUT2D eigenvalue weighted by atomic mass is 10.0. The van der Waals surface area contributed by atoms with E-state index in [1.807, 2.05) is 17.0 Å². The Bertz CT molecular complexity index is 616. The summed E-state index contributed by atoms with van der Waals surface area (Å²) in [6.45, 7) is 0.744. The SMILES string of the molecule is FC(F)C1CN(c2ccc3nnc(C4CC4)n3n2)C1. The molecule has 100 valence electrons. The van der Waals surface area contributed by atoms with Gasteiger partial charge in [0.2, 0.25) is 6.43 Å². The summed E-state index contributed by atoms with van der Waals surface area (Å²) < 4.78 is 26.7. The highest BCUT2D eigenvalue weighted by Crippen LogP contribution is 2.39. The molecule has 19 heavy (non-hydrogen) atoms. The fourth-order valence-corrected chi connectivity index (χ4v) is 2.42. The van der Waals surface area contributed by atoms with E-state index in [9.17, 15) is 8.78 Å². The Labute approximate surface area is 108 Å². The fraction of sp³-hybridized carbons (Fsp3) is 0.583. The first-order chi connectivity index (χ1) is 9.22. The van der Waals surface area contributed by atoms with Gasteiger partial charge in [0, 0.05) is 19.0 Å². The molecule has 0 atom stereocenters. The summed E-state index contributed by atoms with van der Waals surface area (Å²) in [5, 5.41) is 12.7. The average Bonchev–Trinajstić information content (AvgIpc) is 3.07. The van der Waals surface area contributed by atoms with Gasteiger partial charge < -0.3 is 4.90 Å². The third-order valence-corrected chi connectivity index (χ3v) is 3.81. The second-order valence-corrected chi connectivity index (χ2v) is 5.29. The van der Waals surface area contributed by atoms with E-state index in [-0.39, 0.29) is 0 Å². The Hall–Kier alpha value is -1.79. The van der Waals surface area contributed by atoms with Crippen LogP contribution < -0.4 is 4.90 Å². The molecule has 1 aliphatic heterocycles. The number of rotatable bonds is 3. The summed E-state index contributed by atoms with van der Waals surface area (Å²) in [6, 6.07) is 3.67. The minimum atomic E-state index is -2.24. The van der Waals surface area contributed by atoms with Crippen molar-refractivity contribution in [2.45, 2.75) is 25.2 Å². The van der Waals surface area contributed by atoms with Gasteiger partial charge in [-0.3, -0.25) is 0 Å². The van der Waals surface area contributed by atoms with E-state index >= 15 is 0 Å². The molecule has 0 aromatic carbocycles. The zero-order valence-corrected chi connectivity index (χ0v) is 10.2. The van der Waals surface area contributed by atoms with Crippen LogP contribution in [0.15, 0.2) is 12.1 Å². The van der Waals surface area contributed by atoms with E-state index in [2.05, 4.69) is 15.3 Å². The van der Waals surface area contributed by atoms with E-state index in [0.717, 1.165) is 30.1 Å². The zero-order valence-electron chi connectivity index (χ0n) is 10.2. The van der Waals surface area contributed by atoms with Gasteiger partial charge in [-0.05, 0) is 25.0 Å². The van der Waals surface area contributed by atoms with Gasteiger partial charge >= 0.3 is 0 Å². The number of hydrogen-bond acceptors (Lipinski definition) is 4. The Morgan fingerprint density at radius 2 is 1.95 bits per heavy atom. The Morgan fingerprint density at radius 1 is 1.16 bits per heavy atom. The van der Waals surface area contributed by atoms with Crippen molar-refractivity contribution in [3.05, 3.63) is 18.0 Å². The minimum Gasteiger partial charge on any atom is -0.354 e. The van der Waals surface area contributed by atoms with Gasteiger partial charge in [0.25, 0.3) is 0 Å². The molecule has 2 fully saturated rings. The highest BCUT2D eigenvalue weighted by Gasteiger charge is 2.35. The fourth-order valence-electron chi connectivity index (χ4n) is 2.42. The van der Waals surface area contributed by atoms with Crippen LogP contribution in [0.3, 0.4) is 0 Å². The molecule has 0 radical (unpaired) electrons. The predicted octanol–water partition coefficient (Wildman–Crippen LogP) is 1.70. The summed E-state index contributed by atoms with van der Waals surface area (Å²) in [4.78, 5) is 1.87. The topological polar surface area (TPSA) is 46.3 Å². The molecule has 2 aliphatic rings. The quantitative estimate of drug-likeness (QED) is 0.847. The minimum absolute atomic E-state index is 0.372. The highest BCUT2D eigenvalue weighted by molar-refractivity contribution is 5.47. The number of alkyl halides is 2. The first-order valence-corrected chi connectivity index (χ1v) is 6.48. The molecule has 3 heterocycles. The first-order valence-electron chi connectivity index (χ1n) is 6.48. The van der Waals surface area contributed by atoms with Crippen molar-refractivity contribution >= 4 is 11.5 Å². The molecule has 5 nitrogen and oxygen atoms in total. The van der Waals surface area contributed by atoms with Crippen LogP contribution in [0.2, 0.25) is 0 Å². The van der Waals surface area contributed by atoms with Crippen LogP contribution in [0, 0.1) is 5.92 Å². The molecule has 4 rings (SSSR count). The van der Waals surface area contributed by atoms with Gasteiger partial charge in [-0.15, -0.1) is 15.3 Å². The highest BCUT2D eigenvalue weighted by atomic mass is 19.3. The lowest BCUT2D eigenvalue weighted by molar-refractivity contribution is 0.0610. The summed E-state index contributed by atoms with van der Waals surface area (Å²) in [7, 11) is 0. The largest absolute Gasteiger partial charge is 0.354 e. The molecule has 0 amide bonds. The van der Waals surface area contributed by atoms with Gasteiger partial charge in [0.05, 0.1) is 5.92 Å². The molecular formula is C12H13F2N5. The van der Waals surface area contributed by atoms with Crippen molar-refractivity contribution in [1.82, 2.24) is 19.8 Å². The van der Waals surface area contributed by atoms with E-state index in [1.54, 1.807) is 4.52 Å². The second kappa shape index (κ2) is 3.85. The number of nitrogens with zero attached hydrogens (tertiary/aromatic N) is 5. The van der Waals surface area contributed by atoms with Gasteiger partial charge in [-0.25, -0.2) is 8.78 Å². The zero-order chi connectivity index (χ0) is 13.0. The lowest BCUT2D eigenvalue weighted by Gasteiger charge is -2.39. The number of aromatic nitrogens is 4. The Kier molecular flexibility index (Phi) is 2.24. The van der Waals surface area contributed by atoms with Crippen LogP contribution in [0.1, 0.15) is 24.6 Å². The monoisotopic (exact) mass is 265 g/mol. The van der Waals surface area contributed by atoms with Crippen LogP contribution in [0.4, 0.5) is 14.6 Å². The van der Waals surface area contributed by atoms with Crippen LogP contribution in [-0.2, 0) is 0 Å². The maximum atomic E-state index is 12.5. The van der Waals surface area contributed by atoms with Gasteiger partial charge in [0.1, 0.15) is 5.82 Å². The molecule has 0 bridgehead atoms. The number of hydrogen-bond donors (Lipinski definition) is 0. The second-order valence-electron chi connectivity index (χ2n) is 5.29. The molecule has 1 saturated heterocycles. The predicted molar refractivity (Wildman–Crippen MR) is 64.5 cm³/mol. The summed E-state index contributed by atoms with van der Waals surface area (Å²) in [5.41, 5.74) is 0.719. The van der Waals surface area contributed by atoms with Crippen molar-refractivity contribution < 1.29 is 8.78 Å². The summed E-state index contributed by atoms with van der Waals surface area (Å²) >= 11 is 0. The van der Waals surface area contributed by atoms with Crippen LogP contribution in [0.25, 0.3) is 5.65 Å². The van der Waals surface area contributed by atoms with E-state index in [1.165, 1.54) is 0 Å². The standard InChI is InChI=1S/C12H13F2N5/c13-11(14)8-5-18(6-8)10-4-3-9-15-16-12(7-1-2-7)19(9)17-10/h3-4,7-8,11H,1-2,5-6H2. The molecule has 1 aliphatic carbocycles. The van der Waals surface area contributed by atoms with Crippen molar-refractivity contribution in [2.75, 3.05) is 18.0 Å². The molecule has 2 aromatic rings. The van der Waals surface area contributed by atoms with E-state index in [4.69, 9.17) is 0 Å². The first kappa shape index (κ1) is 11.1. The molecule has 7 heteroatoms. The van der Waals surface area contributed by atoms with Crippen molar-refractivity contribution in [3.8, 4) is 0 Å². The Balaban J connectivity index is 1.63. The smallest absolute Gasteiger partial charge is 0.244 e. The Morgan fingerprint density at radius 3 is 2.63 bits per heavy atom. The van der Waals surface area contributed by atoms with Crippen LogP contribution in [0.5, 0.6) is 0 Å². The van der Waals surface area contributed by atoms with Gasteiger partial charge in [0.15, 0.2) is 11.5 Å². The molecule has 0 N–H and O–H groups in total. The molecule has 0 unspecified atom stereocenters. The number of anilines is 1. The molecule has 1 saturated carbocycles. The van der Waals surface area contributed by atoms with Gasteiger partial charge in [-0.1, -0.05) is 0 Å². The molecule has 2 aromatic heterocycles. The third kappa shape index (κ3) is 1.75. The normalized spacial score (nSPS) is 20.3.